The van der Waals surface area contributed by atoms with E-state index in [1.54, 1.807) is 24.1 Å². The van der Waals surface area contributed by atoms with Crippen molar-refractivity contribution in [3.63, 3.8) is 0 Å². The van der Waals surface area contributed by atoms with Crippen molar-refractivity contribution in [3.8, 4) is 11.5 Å². The number of carbonyl (C=O) groups excluding carboxylic acids is 1. The fourth-order valence-electron chi connectivity index (χ4n) is 3.91. The smallest absolute Gasteiger partial charge is 0.236 e. The van der Waals surface area contributed by atoms with E-state index in [1.165, 1.54) is 12.1 Å². The third-order valence-corrected chi connectivity index (χ3v) is 5.41. The van der Waals surface area contributed by atoms with Crippen LogP contribution in [-0.4, -0.2) is 49.1 Å². The van der Waals surface area contributed by atoms with Crippen LogP contribution < -0.4 is 9.47 Å². The molecule has 1 fully saturated rings. The van der Waals surface area contributed by atoms with Crippen LogP contribution in [0.2, 0.25) is 0 Å². The zero-order chi connectivity index (χ0) is 19.5. The van der Waals surface area contributed by atoms with Gasteiger partial charge in [-0.2, -0.15) is 0 Å². The van der Waals surface area contributed by atoms with Crippen LogP contribution in [0.3, 0.4) is 0 Å². The highest BCUT2D eigenvalue weighted by atomic mass is 19.1. The van der Waals surface area contributed by atoms with Crippen molar-refractivity contribution in [2.75, 3.05) is 33.4 Å². The average molecular weight is 384 g/mol. The summed E-state index contributed by atoms with van der Waals surface area (Å²) >= 11 is 0. The van der Waals surface area contributed by atoms with E-state index in [2.05, 4.69) is 11.0 Å². The first-order valence-corrected chi connectivity index (χ1v) is 9.72. The van der Waals surface area contributed by atoms with Gasteiger partial charge in [-0.15, -0.1) is 0 Å². The normalized spacial score (nSPS) is 18.9. The van der Waals surface area contributed by atoms with Crippen LogP contribution in [0.25, 0.3) is 0 Å². The van der Waals surface area contributed by atoms with E-state index < -0.39 is 0 Å². The summed E-state index contributed by atoms with van der Waals surface area (Å²) in [5.74, 6) is 1.37. The lowest BCUT2D eigenvalue weighted by Crippen LogP contribution is -2.37. The molecule has 148 valence electrons. The number of nitrogens with zero attached hydrogens (tertiary/aromatic N) is 2. The van der Waals surface area contributed by atoms with E-state index in [0.29, 0.717) is 26.3 Å². The summed E-state index contributed by atoms with van der Waals surface area (Å²) < 4.78 is 24.4. The molecule has 2 aromatic carbocycles. The van der Waals surface area contributed by atoms with E-state index >= 15 is 0 Å². The number of amides is 1. The van der Waals surface area contributed by atoms with Crippen LogP contribution in [0.5, 0.6) is 11.5 Å². The molecule has 2 aliphatic rings. The van der Waals surface area contributed by atoms with Gasteiger partial charge in [-0.1, -0.05) is 18.2 Å². The fourth-order valence-corrected chi connectivity index (χ4v) is 3.91. The number of fused-ring (bicyclic) bond motifs is 1. The summed E-state index contributed by atoms with van der Waals surface area (Å²) in [5, 5.41) is 0. The van der Waals surface area contributed by atoms with E-state index in [-0.39, 0.29) is 17.8 Å². The lowest BCUT2D eigenvalue weighted by molar-refractivity contribution is -0.131. The first-order chi connectivity index (χ1) is 13.6. The molecule has 0 saturated carbocycles. The third kappa shape index (κ3) is 4.12. The molecule has 5 nitrogen and oxygen atoms in total. The molecule has 2 heterocycles. The third-order valence-electron chi connectivity index (χ3n) is 5.41. The maximum atomic E-state index is 13.1. The summed E-state index contributed by atoms with van der Waals surface area (Å²) in [6, 6.07) is 12.6. The average Bonchev–Trinajstić information content (AvgIpc) is 3.17. The summed E-state index contributed by atoms with van der Waals surface area (Å²) in [6.45, 7) is 2.89. The molecule has 0 aliphatic carbocycles. The van der Waals surface area contributed by atoms with Crippen LogP contribution in [0.15, 0.2) is 42.5 Å². The predicted molar refractivity (Wildman–Crippen MR) is 104 cm³/mol. The number of hydrogen-bond donors (Lipinski definition) is 0. The van der Waals surface area contributed by atoms with Gasteiger partial charge in [-0.3, -0.25) is 9.69 Å². The molecule has 2 aromatic rings. The molecule has 0 aromatic heterocycles. The van der Waals surface area contributed by atoms with Gasteiger partial charge in [0.1, 0.15) is 19.0 Å². The van der Waals surface area contributed by atoms with Gasteiger partial charge >= 0.3 is 0 Å². The fraction of sp³-hybridized carbons (Fsp3) is 0.409. The molecule has 1 saturated heterocycles. The van der Waals surface area contributed by atoms with Crippen molar-refractivity contribution in [1.82, 2.24) is 9.80 Å². The molecule has 0 N–H and O–H groups in total. The molecular formula is C22H25FN2O3. The maximum absolute atomic E-state index is 13.1. The molecular weight excluding hydrogens is 359 g/mol. The Morgan fingerprint density at radius 2 is 1.89 bits per heavy atom. The van der Waals surface area contributed by atoms with Crippen molar-refractivity contribution in [2.45, 2.75) is 25.4 Å². The standard InChI is InChI=1S/C22H25FN2O3/c1-24(14-16-4-7-18(23)8-5-16)22(26)15-25-10-2-3-19(25)17-6-9-20-21(13-17)28-12-11-27-20/h4-9,13,19H,2-3,10-12,14-15H2,1H3/t19-/m1/s1. The Kier molecular flexibility index (Phi) is 5.48. The van der Waals surface area contributed by atoms with Gasteiger partial charge in [0.25, 0.3) is 0 Å². The van der Waals surface area contributed by atoms with Gasteiger partial charge in [0, 0.05) is 19.6 Å². The highest BCUT2D eigenvalue weighted by Gasteiger charge is 2.29. The van der Waals surface area contributed by atoms with Gasteiger partial charge in [0.05, 0.1) is 6.54 Å². The van der Waals surface area contributed by atoms with E-state index in [1.807, 2.05) is 12.1 Å². The van der Waals surface area contributed by atoms with Crippen LogP contribution in [0.4, 0.5) is 4.39 Å². The molecule has 2 aliphatic heterocycles. The van der Waals surface area contributed by atoms with Gasteiger partial charge < -0.3 is 14.4 Å². The van der Waals surface area contributed by atoms with Crippen LogP contribution in [-0.2, 0) is 11.3 Å². The van der Waals surface area contributed by atoms with E-state index in [0.717, 1.165) is 42.0 Å². The summed E-state index contributed by atoms with van der Waals surface area (Å²) in [4.78, 5) is 16.7. The summed E-state index contributed by atoms with van der Waals surface area (Å²) in [6.07, 6.45) is 2.09. The minimum Gasteiger partial charge on any atom is -0.486 e. The van der Waals surface area contributed by atoms with E-state index in [4.69, 9.17) is 9.47 Å². The first kappa shape index (κ1) is 18.7. The van der Waals surface area contributed by atoms with Gasteiger partial charge in [0.15, 0.2) is 11.5 Å². The SMILES string of the molecule is CN(Cc1ccc(F)cc1)C(=O)CN1CCC[C@@H]1c1ccc2c(c1)OCCO2. The lowest BCUT2D eigenvalue weighted by Gasteiger charge is -2.28. The molecule has 6 heteroatoms. The predicted octanol–water partition coefficient (Wildman–Crippen LogP) is 3.39. The molecule has 0 bridgehead atoms. The maximum Gasteiger partial charge on any atom is 0.236 e. The number of likely N-dealkylation sites (tertiary alicyclic amines) is 1. The minimum atomic E-state index is -0.267. The number of carbonyl (C=O) groups is 1. The zero-order valence-corrected chi connectivity index (χ0v) is 16.1. The quantitative estimate of drug-likeness (QED) is 0.793. The number of likely N-dealkylation sites (N-methyl/N-ethyl adjacent to an activating group) is 1. The van der Waals surface area contributed by atoms with Crippen LogP contribution in [0.1, 0.15) is 30.0 Å². The Morgan fingerprint density at radius 1 is 1.14 bits per heavy atom. The summed E-state index contributed by atoms with van der Waals surface area (Å²) in [7, 11) is 1.79. The minimum absolute atomic E-state index is 0.0637. The molecule has 0 spiro atoms. The molecule has 0 radical (unpaired) electrons. The Hall–Kier alpha value is -2.60. The molecule has 0 unspecified atom stereocenters. The van der Waals surface area contributed by atoms with Crippen molar-refractivity contribution >= 4 is 5.91 Å². The number of halogens is 1. The lowest BCUT2D eigenvalue weighted by atomic mass is 10.0. The Balaban J connectivity index is 1.40. The molecule has 1 atom stereocenters. The monoisotopic (exact) mass is 384 g/mol. The summed E-state index contributed by atoms with van der Waals surface area (Å²) in [5.41, 5.74) is 2.08. The Bertz CT molecular complexity index is 840. The van der Waals surface area contributed by atoms with Crippen molar-refractivity contribution in [1.29, 1.82) is 0 Å². The number of hydrogen-bond acceptors (Lipinski definition) is 4. The number of benzene rings is 2. The Labute approximate surface area is 164 Å². The number of ether oxygens (including phenoxy) is 2. The Morgan fingerprint density at radius 3 is 2.68 bits per heavy atom. The topological polar surface area (TPSA) is 42.0 Å². The van der Waals surface area contributed by atoms with Crippen LogP contribution in [0, 0.1) is 5.82 Å². The van der Waals surface area contributed by atoms with Gasteiger partial charge in [-0.05, 0) is 54.8 Å². The second-order valence-corrected chi connectivity index (χ2v) is 7.41. The van der Waals surface area contributed by atoms with Gasteiger partial charge in [-0.25, -0.2) is 4.39 Å². The zero-order valence-electron chi connectivity index (χ0n) is 16.1. The second-order valence-electron chi connectivity index (χ2n) is 7.41. The van der Waals surface area contributed by atoms with Gasteiger partial charge in [0.2, 0.25) is 5.91 Å². The first-order valence-electron chi connectivity index (χ1n) is 9.72. The van der Waals surface area contributed by atoms with Crippen molar-refractivity contribution in [3.05, 3.63) is 59.4 Å². The molecule has 1 amide bonds. The molecule has 4 rings (SSSR count). The molecule has 28 heavy (non-hydrogen) atoms. The highest BCUT2D eigenvalue weighted by Crippen LogP contribution is 2.37. The van der Waals surface area contributed by atoms with Crippen molar-refractivity contribution < 1.29 is 18.7 Å². The number of rotatable bonds is 5. The second kappa shape index (κ2) is 8.19. The highest BCUT2D eigenvalue weighted by molar-refractivity contribution is 5.78. The van der Waals surface area contributed by atoms with Crippen LogP contribution >= 0.6 is 0 Å². The van der Waals surface area contributed by atoms with Crippen molar-refractivity contribution in [2.24, 2.45) is 0 Å². The largest absolute Gasteiger partial charge is 0.486 e. The van der Waals surface area contributed by atoms with E-state index in [9.17, 15) is 9.18 Å².